The lowest BCUT2D eigenvalue weighted by Gasteiger charge is -1.97. The Morgan fingerprint density at radius 3 is 2.88 bits per heavy atom. The first-order valence-electron chi connectivity index (χ1n) is 4.58. The summed E-state index contributed by atoms with van der Waals surface area (Å²) in [4.78, 5) is 10.7. The number of carbonyl (C=O) groups is 1. The molecule has 5 heteroatoms. The Kier molecular flexibility index (Phi) is 2.71. The van der Waals surface area contributed by atoms with Crippen LogP contribution >= 0.6 is 15.9 Å². The third-order valence-electron chi connectivity index (χ3n) is 2.35. The van der Waals surface area contributed by atoms with E-state index in [1.165, 1.54) is 6.07 Å². The van der Waals surface area contributed by atoms with Gasteiger partial charge in [-0.1, -0.05) is 0 Å². The van der Waals surface area contributed by atoms with Gasteiger partial charge < -0.3 is 9.52 Å². The average Bonchev–Trinajstić information content (AvgIpc) is 2.45. The van der Waals surface area contributed by atoms with Gasteiger partial charge in [0, 0.05) is 10.9 Å². The molecule has 0 fully saturated rings. The van der Waals surface area contributed by atoms with Crippen molar-refractivity contribution in [2.45, 2.75) is 13.3 Å². The van der Waals surface area contributed by atoms with Crippen LogP contribution in [0.2, 0.25) is 0 Å². The predicted molar refractivity (Wildman–Crippen MR) is 59.9 cm³/mol. The van der Waals surface area contributed by atoms with Crippen molar-refractivity contribution in [3.8, 4) is 0 Å². The maximum absolute atomic E-state index is 13.4. The fourth-order valence-corrected chi connectivity index (χ4v) is 2.08. The van der Waals surface area contributed by atoms with E-state index in [0.29, 0.717) is 26.8 Å². The van der Waals surface area contributed by atoms with Crippen LogP contribution in [0.3, 0.4) is 0 Å². The van der Waals surface area contributed by atoms with E-state index in [9.17, 15) is 9.18 Å². The van der Waals surface area contributed by atoms with Crippen molar-refractivity contribution in [1.82, 2.24) is 0 Å². The number of carboxylic acids is 1. The molecule has 0 saturated heterocycles. The van der Waals surface area contributed by atoms with Gasteiger partial charge in [0.25, 0.3) is 0 Å². The highest BCUT2D eigenvalue weighted by molar-refractivity contribution is 9.10. The first-order valence-corrected chi connectivity index (χ1v) is 5.37. The summed E-state index contributed by atoms with van der Waals surface area (Å²) >= 11 is 3.13. The number of hydrogen-bond acceptors (Lipinski definition) is 2. The maximum atomic E-state index is 13.4. The summed E-state index contributed by atoms with van der Waals surface area (Å²) in [5.74, 6) is -1.35. The molecule has 2 aromatic rings. The van der Waals surface area contributed by atoms with Crippen molar-refractivity contribution < 1.29 is 18.7 Å². The van der Waals surface area contributed by atoms with Gasteiger partial charge in [-0.05, 0) is 40.5 Å². The molecule has 0 atom stereocenters. The van der Waals surface area contributed by atoms with E-state index in [1.807, 2.05) is 0 Å². The summed E-state index contributed by atoms with van der Waals surface area (Å²) in [6.45, 7) is 1.63. The second-order valence-corrected chi connectivity index (χ2v) is 4.24. The lowest BCUT2D eigenvalue weighted by Crippen LogP contribution is -1.99. The molecule has 0 aliphatic carbocycles. The summed E-state index contributed by atoms with van der Waals surface area (Å²) < 4.78 is 19.0. The minimum absolute atomic E-state index is 0.198. The van der Waals surface area contributed by atoms with E-state index in [2.05, 4.69) is 15.9 Å². The normalized spacial score (nSPS) is 10.9. The zero-order valence-electron chi connectivity index (χ0n) is 8.38. The molecule has 1 aromatic carbocycles. The molecule has 1 N–H and O–H groups in total. The number of benzene rings is 1. The fraction of sp³-hybridized carbons (Fsp3) is 0.182. The largest absolute Gasteiger partial charge is 0.481 e. The molecule has 3 nitrogen and oxygen atoms in total. The van der Waals surface area contributed by atoms with Gasteiger partial charge in [-0.3, -0.25) is 4.79 Å². The zero-order valence-corrected chi connectivity index (χ0v) is 9.97. The topological polar surface area (TPSA) is 50.4 Å². The first-order chi connectivity index (χ1) is 7.49. The Balaban J connectivity index is 2.68. The van der Waals surface area contributed by atoms with E-state index in [1.54, 1.807) is 13.0 Å². The molecule has 0 amide bonds. The van der Waals surface area contributed by atoms with Gasteiger partial charge in [0.1, 0.15) is 11.4 Å². The number of hydrogen-bond donors (Lipinski definition) is 1. The molecule has 16 heavy (non-hydrogen) atoms. The number of halogens is 2. The Morgan fingerprint density at radius 1 is 1.56 bits per heavy atom. The van der Waals surface area contributed by atoms with Crippen LogP contribution in [0.4, 0.5) is 4.39 Å². The molecule has 0 aliphatic rings. The fourth-order valence-electron chi connectivity index (χ4n) is 1.56. The van der Waals surface area contributed by atoms with Crippen LogP contribution < -0.4 is 0 Å². The average molecular weight is 287 g/mol. The van der Waals surface area contributed by atoms with Crippen molar-refractivity contribution >= 4 is 32.9 Å². The number of aliphatic carboxylic acids is 1. The standard InChI is InChI=1S/C11H8BrFO3/c1-5-2-9-6(3-8(5)13)7(4-10(14)15)11(12)16-9/h2-3H,4H2,1H3,(H,14,15). The van der Waals surface area contributed by atoms with E-state index in [0.717, 1.165) is 0 Å². The van der Waals surface area contributed by atoms with Gasteiger partial charge in [-0.15, -0.1) is 0 Å². The number of furan rings is 1. The molecular formula is C11H8BrFO3. The van der Waals surface area contributed by atoms with E-state index >= 15 is 0 Å². The zero-order chi connectivity index (χ0) is 11.9. The number of rotatable bonds is 2. The third-order valence-corrected chi connectivity index (χ3v) is 2.99. The van der Waals surface area contributed by atoms with Crippen molar-refractivity contribution in [3.05, 3.63) is 33.7 Å². The van der Waals surface area contributed by atoms with E-state index in [-0.39, 0.29) is 12.2 Å². The predicted octanol–water partition coefficient (Wildman–Crippen LogP) is 3.27. The molecular weight excluding hydrogens is 279 g/mol. The molecule has 0 radical (unpaired) electrons. The molecule has 0 saturated carbocycles. The second kappa shape index (κ2) is 3.90. The second-order valence-electron chi connectivity index (χ2n) is 3.52. The van der Waals surface area contributed by atoms with Gasteiger partial charge in [0.15, 0.2) is 4.67 Å². The SMILES string of the molecule is Cc1cc2oc(Br)c(CC(=O)O)c2cc1F. The lowest BCUT2D eigenvalue weighted by atomic mass is 10.1. The molecule has 0 unspecified atom stereocenters. The monoisotopic (exact) mass is 286 g/mol. The number of aryl methyl sites for hydroxylation is 1. The van der Waals surface area contributed by atoms with Crippen LogP contribution in [0, 0.1) is 12.7 Å². The van der Waals surface area contributed by atoms with Crippen LogP contribution in [0.5, 0.6) is 0 Å². The van der Waals surface area contributed by atoms with Gasteiger partial charge in [0.2, 0.25) is 0 Å². The van der Waals surface area contributed by atoms with Crippen LogP contribution in [-0.4, -0.2) is 11.1 Å². The minimum Gasteiger partial charge on any atom is -0.481 e. The Labute approximate surface area is 99.0 Å². The Morgan fingerprint density at radius 2 is 2.25 bits per heavy atom. The number of fused-ring (bicyclic) bond motifs is 1. The van der Waals surface area contributed by atoms with Crippen LogP contribution in [-0.2, 0) is 11.2 Å². The lowest BCUT2D eigenvalue weighted by molar-refractivity contribution is -0.136. The van der Waals surface area contributed by atoms with Gasteiger partial charge in [-0.25, -0.2) is 4.39 Å². The van der Waals surface area contributed by atoms with Crippen LogP contribution in [0.25, 0.3) is 11.0 Å². The summed E-state index contributed by atoms with van der Waals surface area (Å²) in [6.07, 6.45) is -0.198. The van der Waals surface area contributed by atoms with Crippen molar-refractivity contribution in [2.75, 3.05) is 0 Å². The third kappa shape index (κ3) is 1.82. The molecule has 1 heterocycles. The van der Waals surface area contributed by atoms with Crippen LogP contribution in [0.1, 0.15) is 11.1 Å². The quantitative estimate of drug-likeness (QED) is 0.922. The van der Waals surface area contributed by atoms with Crippen molar-refractivity contribution in [3.63, 3.8) is 0 Å². The molecule has 84 valence electrons. The summed E-state index contributed by atoms with van der Waals surface area (Å²) in [5, 5.41) is 9.23. The summed E-state index contributed by atoms with van der Waals surface area (Å²) in [7, 11) is 0. The maximum Gasteiger partial charge on any atom is 0.308 e. The Bertz CT molecular complexity index is 574. The molecule has 0 spiro atoms. The minimum atomic E-state index is -0.982. The van der Waals surface area contributed by atoms with Gasteiger partial charge >= 0.3 is 5.97 Å². The highest BCUT2D eigenvalue weighted by atomic mass is 79.9. The highest BCUT2D eigenvalue weighted by Crippen LogP contribution is 2.32. The van der Waals surface area contributed by atoms with E-state index in [4.69, 9.17) is 9.52 Å². The van der Waals surface area contributed by atoms with E-state index < -0.39 is 5.97 Å². The van der Waals surface area contributed by atoms with Gasteiger partial charge in [-0.2, -0.15) is 0 Å². The summed E-state index contributed by atoms with van der Waals surface area (Å²) in [6, 6.07) is 2.86. The molecule has 0 bridgehead atoms. The molecule has 1 aromatic heterocycles. The van der Waals surface area contributed by atoms with Crippen molar-refractivity contribution in [2.24, 2.45) is 0 Å². The van der Waals surface area contributed by atoms with Gasteiger partial charge in [0.05, 0.1) is 6.42 Å². The highest BCUT2D eigenvalue weighted by Gasteiger charge is 2.16. The van der Waals surface area contributed by atoms with Crippen LogP contribution in [0.15, 0.2) is 21.2 Å². The first kappa shape index (κ1) is 11.1. The summed E-state index contributed by atoms with van der Waals surface area (Å²) in [5.41, 5.74) is 1.42. The smallest absolute Gasteiger partial charge is 0.308 e. The molecule has 2 rings (SSSR count). The molecule has 0 aliphatic heterocycles. The van der Waals surface area contributed by atoms with Crippen molar-refractivity contribution in [1.29, 1.82) is 0 Å². The Hall–Kier alpha value is -1.36. The number of carboxylic acid groups (broad SMARTS) is 1.